The van der Waals surface area contributed by atoms with E-state index in [0.717, 1.165) is 25.9 Å². The Hall–Kier alpha value is -1.43. The van der Waals surface area contributed by atoms with Crippen molar-refractivity contribution in [2.24, 2.45) is 11.3 Å². The molecule has 118 valence electrons. The van der Waals surface area contributed by atoms with Crippen molar-refractivity contribution in [2.45, 2.75) is 46.6 Å². The Morgan fingerprint density at radius 3 is 2.76 bits per heavy atom. The molecule has 6 heteroatoms. The van der Waals surface area contributed by atoms with Gasteiger partial charge in [0.2, 0.25) is 0 Å². The maximum absolute atomic E-state index is 12.2. The van der Waals surface area contributed by atoms with E-state index in [1.807, 2.05) is 4.68 Å². The van der Waals surface area contributed by atoms with E-state index >= 15 is 0 Å². The number of nitrogens with zero attached hydrogens (tertiary/aromatic N) is 3. The van der Waals surface area contributed by atoms with Crippen LogP contribution in [-0.4, -0.2) is 40.5 Å². The Kier molecular flexibility index (Phi) is 4.98. The number of aromatic nitrogens is 3. The second kappa shape index (κ2) is 6.56. The third kappa shape index (κ3) is 4.03. The summed E-state index contributed by atoms with van der Waals surface area (Å²) in [4.78, 5) is 12.2. The average Bonchev–Trinajstić information content (AvgIpc) is 2.95. The van der Waals surface area contributed by atoms with Gasteiger partial charge in [-0.1, -0.05) is 32.9 Å². The van der Waals surface area contributed by atoms with E-state index in [-0.39, 0.29) is 11.3 Å². The number of carbonyl (C=O) groups is 1. The van der Waals surface area contributed by atoms with Crippen LogP contribution in [0.4, 0.5) is 0 Å². The zero-order chi connectivity index (χ0) is 15.5. The molecule has 2 heterocycles. The van der Waals surface area contributed by atoms with Crippen LogP contribution in [0.1, 0.15) is 57.1 Å². The molecular formula is C15H27N5O. The van der Waals surface area contributed by atoms with Crippen LogP contribution in [-0.2, 0) is 0 Å². The van der Waals surface area contributed by atoms with Gasteiger partial charge in [-0.2, -0.15) is 0 Å². The van der Waals surface area contributed by atoms with E-state index < -0.39 is 0 Å². The van der Waals surface area contributed by atoms with E-state index in [1.165, 1.54) is 0 Å². The average molecular weight is 293 g/mol. The van der Waals surface area contributed by atoms with Gasteiger partial charge in [0.05, 0.1) is 12.2 Å². The third-order valence-corrected chi connectivity index (χ3v) is 4.69. The summed E-state index contributed by atoms with van der Waals surface area (Å²) < 4.78 is 1.84. The van der Waals surface area contributed by atoms with E-state index in [4.69, 9.17) is 0 Å². The Balaban J connectivity index is 1.93. The van der Waals surface area contributed by atoms with Gasteiger partial charge in [0, 0.05) is 6.54 Å². The van der Waals surface area contributed by atoms with Crippen molar-refractivity contribution in [3.8, 4) is 0 Å². The summed E-state index contributed by atoms with van der Waals surface area (Å²) in [5.41, 5.74) is 0.480. The molecule has 0 radical (unpaired) electrons. The van der Waals surface area contributed by atoms with Crippen LogP contribution in [0.15, 0.2) is 6.20 Å². The van der Waals surface area contributed by atoms with Gasteiger partial charge in [-0.05, 0) is 37.3 Å². The highest BCUT2D eigenvalue weighted by Gasteiger charge is 2.24. The summed E-state index contributed by atoms with van der Waals surface area (Å²) in [5, 5.41) is 14.4. The number of piperidine rings is 1. The number of hydrogen-bond donors (Lipinski definition) is 2. The van der Waals surface area contributed by atoms with Gasteiger partial charge in [0.15, 0.2) is 5.69 Å². The molecule has 6 nitrogen and oxygen atoms in total. The Labute approximate surface area is 126 Å². The number of carbonyl (C=O) groups excluding carboxylic acids is 1. The van der Waals surface area contributed by atoms with Crippen molar-refractivity contribution in [3.63, 3.8) is 0 Å². The van der Waals surface area contributed by atoms with E-state index in [2.05, 4.69) is 48.6 Å². The molecule has 2 rings (SSSR count). The van der Waals surface area contributed by atoms with Crippen LogP contribution in [0, 0.1) is 11.3 Å². The minimum Gasteiger partial charge on any atom is -0.350 e. The first-order valence-corrected chi connectivity index (χ1v) is 7.81. The molecule has 2 N–H and O–H groups in total. The molecule has 0 spiro atoms. The second-order valence-electron chi connectivity index (χ2n) is 6.89. The van der Waals surface area contributed by atoms with E-state index in [0.29, 0.717) is 24.2 Å². The minimum absolute atomic E-state index is 0.0701. The van der Waals surface area contributed by atoms with Gasteiger partial charge in [0.1, 0.15) is 0 Å². The molecule has 0 saturated carbocycles. The van der Waals surface area contributed by atoms with Gasteiger partial charge in [-0.3, -0.25) is 4.79 Å². The van der Waals surface area contributed by atoms with Gasteiger partial charge >= 0.3 is 0 Å². The molecule has 1 aromatic heterocycles. The number of amides is 1. The Morgan fingerprint density at radius 1 is 1.48 bits per heavy atom. The standard InChI is InChI=1S/C15H27N5O/c1-11(2)15(3,4)10-17-14(21)13-9-20(19-18-13)12-5-7-16-8-6-12/h9,11-12,16H,5-8,10H2,1-4H3,(H,17,21). The van der Waals surface area contributed by atoms with E-state index in [1.54, 1.807) is 6.20 Å². The van der Waals surface area contributed by atoms with Gasteiger partial charge < -0.3 is 10.6 Å². The summed E-state index contributed by atoms with van der Waals surface area (Å²) >= 11 is 0. The molecule has 0 atom stereocenters. The fourth-order valence-corrected chi connectivity index (χ4v) is 2.23. The zero-order valence-corrected chi connectivity index (χ0v) is 13.5. The highest BCUT2D eigenvalue weighted by Crippen LogP contribution is 2.24. The second-order valence-corrected chi connectivity index (χ2v) is 6.89. The van der Waals surface area contributed by atoms with Crippen molar-refractivity contribution >= 4 is 5.91 Å². The van der Waals surface area contributed by atoms with Crippen molar-refractivity contribution in [1.82, 2.24) is 25.6 Å². The van der Waals surface area contributed by atoms with Gasteiger partial charge in [-0.25, -0.2) is 4.68 Å². The predicted molar refractivity (Wildman–Crippen MR) is 82.1 cm³/mol. The third-order valence-electron chi connectivity index (χ3n) is 4.69. The molecule has 1 saturated heterocycles. The predicted octanol–water partition coefficient (Wildman–Crippen LogP) is 1.61. The Morgan fingerprint density at radius 2 is 2.14 bits per heavy atom. The number of nitrogens with one attached hydrogen (secondary N) is 2. The lowest BCUT2D eigenvalue weighted by Crippen LogP contribution is -2.37. The molecule has 1 fully saturated rings. The molecule has 0 aromatic carbocycles. The van der Waals surface area contributed by atoms with Crippen molar-refractivity contribution in [3.05, 3.63) is 11.9 Å². The number of rotatable bonds is 5. The summed E-state index contributed by atoms with van der Waals surface area (Å²) in [5.74, 6) is 0.368. The molecule has 1 aromatic rings. The van der Waals surface area contributed by atoms with Crippen molar-refractivity contribution in [1.29, 1.82) is 0 Å². The lowest BCUT2D eigenvalue weighted by atomic mass is 9.81. The summed E-state index contributed by atoms with van der Waals surface area (Å²) in [7, 11) is 0. The van der Waals surface area contributed by atoms with E-state index in [9.17, 15) is 4.79 Å². The molecule has 0 aliphatic carbocycles. The quantitative estimate of drug-likeness (QED) is 0.865. The topological polar surface area (TPSA) is 71.8 Å². The van der Waals surface area contributed by atoms with Crippen LogP contribution in [0.2, 0.25) is 0 Å². The SMILES string of the molecule is CC(C)C(C)(C)CNC(=O)c1cn(C2CCNCC2)nn1. The fourth-order valence-electron chi connectivity index (χ4n) is 2.23. The molecule has 1 amide bonds. The van der Waals surface area contributed by atoms with Gasteiger partial charge in [0.25, 0.3) is 5.91 Å². The van der Waals surface area contributed by atoms with Crippen LogP contribution >= 0.6 is 0 Å². The first-order valence-electron chi connectivity index (χ1n) is 7.81. The van der Waals surface area contributed by atoms with Crippen LogP contribution in [0.3, 0.4) is 0 Å². The molecule has 0 unspecified atom stereocenters. The zero-order valence-electron chi connectivity index (χ0n) is 13.5. The van der Waals surface area contributed by atoms with Crippen LogP contribution in [0.25, 0.3) is 0 Å². The van der Waals surface area contributed by atoms with Crippen LogP contribution in [0.5, 0.6) is 0 Å². The summed E-state index contributed by atoms with van der Waals surface area (Å²) in [6.45, 7) is 11.3. The smallest absolute Gasteiger partial charge is 0.273 e. The Bertz CT molecular complexity index is 474. The first kappa shape index (κ1) is 15.9. The van der Waals surface area contributed by atoms with Crippen LogP contribution < -0.4 is 10.6 Å². The van der Waals surface area contributed by atoms with Crippen molar-refractivity contribution < 1.29 is 4.79 Å². The minimum atomic E-state index is -0.135. The normalized spacial score (nSPS) is 17.2. The summed E-state index contributed by atoms with van der Waals surface area (Å²) in [6.07, 6.45) is 3.84. The maximum atomic E-state index is 12.2. The largest absolute Gasteiger partial charge is 0.350 e. The molecule has 1 aliphatic rings. The fraction of sp³-hybridized carbons (Fsp3) is 0.800. The molecule has 1 aliphatic heterocycles. The first-order chi connectivity index (χ1) is 9.90. The molecular weight excluding hydrogens is 266 g/mol. The van der Waals surface area contributed by atoms with Gasteiger partial charge in [-0.15, -0.1) is 5.10 Å². The van der Waals surface area contributed by atoms with Crippen molar-refractivity contribution in [2.75, 3.05) is 19.6 Å². The maximum Gasteiger partial charge on any atom is 0.273 e. The molecule has 21 heavy (non-hydrogen) atoms. The highest BCUT2D eigenvalue weighted by atomic mass is 16.2. The highest BCUT2D eigenvalue weighted by molar-refractivity contribution is 5.91. The lowest BCUT2D eigenvalue weighted by Gasteiger charge is -2.29. The summed E-state index contributed by atoms with van der Waals surface area (Å²) in [6, 6.07) is 0.354. The lowest BCUT2D eigenvalue weighted by molar-refractivity contribution is 0.0919. The monoisotopic (exact) mass is 293 g/mol. The molecule has 0 bridgehead atoms. The number of hydrogen-bond acceptors (Lipinski definition) is 4.